The molecule has 0 bridgehead atoms. The molecule has 11 heteroatoms. The van der Waals surface area contributed by atoms with Gasteiger partial charge in [-0.2, -0.15) is 13.2 Å². The number of aryl methyl sites for hydroxylation is 2. The maximum absolute atomic E-state index is 13.9. The van der Waals surface area contributed by atoms with Gasteiger partial charge in [-0.25, -0.2) is 23.5 Å². The van der Waals surface area contributed by atoms with Gasteiger partial charge in [-0.15, -0.1) is 0 Å². The number of furan rings is 1. The Balaban J connectivity index is 0.00000225. The molecule has 0 aliphatic rings. The molecule has 2 aromatic heterocycles. The van der Waals surface area contributed by atoms with Crippen LogP contribution in [0.1, 0.15) is 26.0 Å². The first kappa shape index (κ1) is 19.5. The predicted molar refractivity (Wildman–Crippen MR) is 92.8 cm³/mol. The van der Waals surface area contributed by atoms with E-state index in [4.69, 9.17) is 4.42 Å². The van der Waals surface area contributed by atoms with Gasteiger partial charge in [0.2, 0.25) is 0 Å². The summed E-state index contributed by atoms with van der Waals surface area (Å²) in [5.74, 6) is -2.45. The Morgan fingerprint density at radius 1 is 1.18 bits per heavy atom. The second-order valence-electron chi connectivity index (χ2n) is 5.95. The molecule has 28 heavy (non-hydrogen) atoms. The smallest absolute Gasteiger partial charge is 0.416 e. The number of nitrogens with one attached hydrogen (secondary N) is 2. The van der Waals surface area contributed by atoms with Crippen LogP contribution in [0.2, 0.25) is 0 Å². The highest BCUT2D eigenvalue weighted by Crippen LogP contribution is 2.39. The number of alkyl halides is 3. The number of nitrogens with zero attached hydrogens (tertiary/aromatic N) is 2. The van der Waals surface area contributed by atoms with Gasteiger partial charge in [0.15, 0.2) is 17.4 Å². The van der Waals surface area contributed by atoms with Crippen molar-refractivity contribution in [2.45, 2.75) is 26.1 Å². The van der Waals surface area contributed by atoms with E-state index in [2.05, 4.69) is 15.3 Å². The van der Waals surface area contributed by atoms with Gasteiger partial charge in [0.25, 0.3) is 0 Å². The molecule has 0 saturated carbocycles. The number of carbonyl (C=O) groups is 1. The van der Waals surface area contributed by atoms with Gasteiger partial charge < -0.3 is 15.1 Å². The molecule has 2 N–H and O–H groups in total. The molecule has 6 nitrogen and oxygen atoms in total. The number of amides is 2. The predicted octanol–water partition coefficient (Wildman–Crippen LogP) is 5.03. The van der Waals surface area contributed by atoms with E-state index in [0.29, 0.717) is 11.9 Å². The lowest BCUT2D eigenvalue weighted by Gasteiger charge is -2.20. The van der Waals surface area contributed by atoms with Crippen LogP contribution in [0.3, 0.4) is 0 Å². The fourth-order valence-corrected chi connectivity index (χ4v) is 2.59. The maximum Gasteiger partial charge on any atom is 0.416 e. The monoisotopic (exact) mass is 404 g/mol. The highest BCUT2D eigenvalue weighted by molar-refractivity contribution is 5.89. The minimum Gasteiger partial charge on any atom is -0.455 e. The van der Waals surface area contributed by atoms with E-state index in [1.165, 1.54) is 19.3 Å². The molecule has 2 amide bonds. The van der Waals surface area contributed by atoms with Crippen molar-refractivity contribution in [3.63, 3.8) is 0 Å². The van der Waals surface area contributed by atoms with Crippen molar-refractivity contribution >= 4 is 22.7 Å². The number of hydrogen-bond acceptors (Lipinski definition) is 4. The second kappa shape index (κ2) is 7.06. The van der Waals surface area contributed by atoms with Gasteiger partial charge in [0, 0.05) is 19.9 Å². The van der Waals surface area contributed by atoms with Crippen LogP contribution in [0.4, 0.5) is 32.4 Å². The number of fused-ring (bicyclic) bond motifs is 1. The average Bonchev–Trinajstić information content (AvgIpc) is 2.91. The standard InChI is InChI=1S/C17H13F5N4O2.2H2/c1-7-11-3-9(18)4-12(19)14(11)28-13(7)15(17(20,21)22)26-16(27)25-10-5-23-8(2)24-6-10;;/h3-6,15H,1-2H3,(H2,25,26,27);2*1H/t15-;;/m1../s1. The zero-order valence-corrected chi connectivity index (χ0v) is 14.5. The summed E-state index contributed by atoms with van der Waals surface area (Å²) >= 11 is 0. The lowest BCUT2D eigenvalue weighted by Crippen LogP contribution is -2.40. The van der Waals surface area contributed by atoms with Crippen molar-refractivity contribution in [3.8, 4) is 0 Å². The Morgan fingerprint density at radius 3 is 2.43 bits per heavy atom. The molecule has 0 radical (unpaired) electrons. The minimum absolute atomic E-state index is 0. The Hall–Kier alpha value is -3.24. The second-order valence-corrected chi connectivity index (χ2v) is 5.95. The van der Waals surface area contributed by atoms with Gasteiger partial charge in [-0.05, 0) is 19.9 Å². The van der Waals surface area contributed by atoms with E-state index in [0.717, 1.165) is 6.07 Å². The molecule has 0 aliphatic heterocycles. The first-order valence-corrected chi connectivity index (χ1v) is 7.87. The van der Waals surface area contributed by atoms with Gasteiger partial charge in [-0.1, -0.05) is 0 Å². The largest absolute Gasteiger partial charge is 0.455 e. The summed E-state index contributed by atoms with van der Waals surface area (Å²) in [6.07, 6.45) is -2.53. The van der Waals surface area contributed by atoms with Crippen molar-refractivity contribution in [2.75, 3.05) is 5.32 Å². The number of carbonyl (C=O) groups excluding carboxylic acids is 1. The summed E-state index contributed by atoms with van der Waals surface area (Å²) in [6.45, 7) is 2.81. The van der Waals surface area contributed by atoms with Gasteiger partial charge in [0.1, 0.15) is 17.4 Å². The van der Waals surface area contributed by atoms with Crippen LogP contribution in [0.5, 0.6) is 0 Å². The Kier molecular flexibility index (Phi) is 4.92. The molecular weight excluding hydrogens is 387 g/mol. The number of anilines is 1. The number of urea groups is 1. The molecule has 0 fully saturated rings. The maximum atomic E-state index is 13.9. The minimum atomic E-state index is -4.96. The Morgan fingerprint density at radius 2 is 1.82 bits per heavy atom. The normalized spacial score (nSPS) is 12.8. The highest BCUT2D eigenvalue weighted by atomic mass is 19.4. The average molecular weight is 404 g/mol. The van der Waals surface area contributed by atoms with E-state index in [9.17, 15) is 26.7 Å². The van der Waals surface area contributed by atoms with Crippen molar-refractivity contribution < 1.29 is 34.0 Å². The quantitative estimate of drug-likeness (QED) is 0.600. The first-order chi connectivity index (χ1) is 13.1. The molecule has 0 aliphatic carbocycles. The summed E-state index contributed by atoms with van der Waals surface area (Å²) in [7, 11) is 0. The molecular formula is C17H17F5N4O2. The molecule has 0 unspecified atom stereocenters. The number of halogens is 5. The van der Waals surface area contributed by atoms with Crippen LogP contribution in [-0.4, -0.2) is 22.2 Å². The zero-order chi connectivity index (χ0) is 20.6. The lowest BCUT2D eigenvalue weighted by atomic mass is 10.1. The SMILES string of the molecule is Cc1ncc(NC(=O)N[C@H](c2oc3c(F)cc(F)cc3c2C)C(F)(F)F)cn1.[HH].[HH]. The van der Waals surface area contributed by atoms with Crippen LogP contribution in [0.15, 0.2) is 28.9 Å². The molecule has 1 atom stereocenters. The van der Waals surface area contributed by atoms with Gasteiger partial charge in [0.05, 0.1) is 18.1 Å². The van der Waals surface area contributed by atoms with E-state index < -0.39 is 41.2 Å². The van der Waals surface area contributed by atoms with E-state index in [1.54, 1.807) is 12.2 Å². The van der Waals surface area contributed by atoms with Crippen LogP contribution >= 0.6 is 0 Å². The van der Waals surface area contributed by atoms with Crippen LogP contribution in [0.25, 0.3) is 11.0 Å². The summed E-state index contributed by atoms with van der Waals surface area (Å²) < 4.78 is 72.9. The van der Waals surface area contributed by atoms with Gasteiger partial charge in [-0.3, -0.25) is 0 Å². The third kappa shape index (κ3) is 3.87. The topological polar surface area (TPSA) is 80.0 Å². The molecule has 0 saturated heterocycles. The molecule has 1 aromatic carbocycles. The van der Waals surface area contributed by atoms with E-state index in [-0.39, 0.29) is 19.5 Å². The summed E-state index contributed by atoms with van der Waals surface area (Å²) in [4.78, 5) is 19.6. The third-order valence-corrected chi connectivity index (χ3v) is 3.90. The molecule has 3 aromatic rings. The number of aromatic nitrogens is 2. The first-order valence-electron chi connectivity index (χ1n) is 7.87. The van der Waals surface area contributed by atoms with E-state index >= 15 is 0 Å². The Bertz CT molecular complexity index is 1040. The van der Waals surface area contributed by atoms with Gasteiger partial charge >= 0.3 is 12.2 Å². The molecule has 152 valence electrons. The molecule has 2 heterocycles. The van der Waals surface area contributed by atoms with Crippen LogP contribution in [0, 0.1) is 25.5 Å². The zero-order valence-electron chi connectivity index (χ0n) is 14.5. The molecule has 0 spiro atoms. The Labute approximate surface area is 157 Å². The number of rotatable bonds is 3. The third-order valence-electron chi connectivity index (χ3n) is 3.90. The highest BCUT2D eigenvalue weighted by Gasteiger charge is 2.45. The van der Waals surface area contributed by atoms with Crippen molar-refractivity contribution in [2.24, 2.45) is 0 Å². The van der Waals surface area contributed by atoms with E-state index in [1.807, 2.05) is 0 Å². The van der Waals surface area contributed by atoms with Crippen molar-refractivity contribution in [1.82, 2.24) is 15.3 Å². The fraction of sp³-hybridized carbons (Fsp3) is 0.235. The molecule has 3 rings (SSSR count). The number of hydrogen-bond donors (Lipinski definition) is 2. The fourth-order valence-electron chi connectivity index (χ4n) is 2.59. The van der Waals surface area contributed by atoms with Crippen LogP contribution in [-0.2, 0) is 0 Å². The lowest BCUT2D eigenvalue weighted by molar-refractivity contribution is -0.158. The number of benzene rings is 1. The summed E-state index contributed by atoms with van der Waals surface area (Å²) in [5.41, 5.74) is -0.606. The summed E-state index contributed by atoms with van der Waals surface area (Å²) in [6, 6.07) is -2.44. The summed E-state index contributed by atoms with van der Waals surface area (Å²) in [5, 5.41) is 3.74. The van der Waals surface area contributed by atoms with Crippen molar-refractivity contribution in [1.29, 1.82) is 0 Å². The van der Waals surface area contributed by atoms with Crippen LogP contribution < -0.4 is 10.6 Å². The van der Waals surface area contributed by atoms with Crippen molar-refractivity contribution in [3.05, 3.63) is 53.3 Å².